The van der Waals surface area contributed by atoms with Crippen LogP contribution in [-0.2, 0) is 27.3 Å². The Morgan fingerprint density at radius 3 is 2.48 bits per heavy atom. The number of fused-ring (bicyclic) bond motifs is 1. The number of rotatable bonds is 7. The van der Waals surface area contributed by atoms with E-state index in [1.165, 1.54) is 29.8 Å². The maximum atomic E-state index is 12.5. The largest absolute Gasteiger partial charge is 0.493 e. The van der Waals surface area contributed by atoms with Crippen LogP contribution in [0.4, 0.5) is 0 Å². The van der Waals surface area contributed by atoms with Crippen molar-refractivity contribution >= 4 is 56.4 Å². The highest BCUT2D eigenvalue weighted by Gasteiger charge is 2.16. The van der Waals surface area contributed by atoms with Crippen molar-refractivity contribution in [1.82, 2.24) is 4.57 Å². The Labute approximate surface area is 180 Å². The topological polar surface area (TPSA) is 79.1 Å². The van der Waals surface area contributed by atoms with E-state index in [9.17, 15) is 9.59 Å². The van der Waals surface area contributed by atoms with E-state index in [-0.39, 0.29) is 25.5 Å². The van der Waals surface area contributed by atoms with Gasteiger partial charge in [-0.25, -0.2) is 0 Å². The van der Waals surface area contributed by atoms with E-state index in [2.05, 4.69) is 4.99 Å². The van der Waals surface area contributed by atoms with Gasteiger partial charge in [0.05, 0.1) is 41.8 Å². The van der Waals surface area contributed by atoms with Gasteiger partial charge in [0.2, 0.25) is 0 Å². The molecule has 3 rings (SSSR count). The highest BCUT2D eigenvalue weighted by atomic mass is 35.5. The van der Waals surface area contributed by atoms with Crippen molar-refractivity contribution in [3.05, 3.63) is 38.3 Å². The van der Waals surface area contributed by atoms with Gasteiger partial charge in [0.1, 0.15) is 6.54 Å². The normalized spacial score (nSPS) is 11.7. The average molecular weight is 455 g/mol. The van der Waals surface area contributed by atoms with Gasteiger partial charge in [0, 0.05) is 17.0 Å². The fourth-order valence-electron chi connectivity index (χ4n) is 2.71. The zero-order valence-electron chi connectivity index (χ0n) is 16.1. The van der Waals surface area contributed by atoms with Gasteiger partial charge >= 0.3 is 5.97 Å². The minimum atomic E-state index is -0.416. The second-order valence-corrected chi connectivity index (χ2v) is 8.65. The van der Waals surface area contributed by atoms with E-state index in [0.29, 0.717) is 26.2 Å². The molecule has 2 heterocycles. The highest BCUT2D eigenvalue weighted by Crippen LogP contribution is 2.33. The molecule has 29 heavy (non-hydrogen) atoms. The lowest BCUT2D eigenvalue weighted by atomic mass is 10.3. The summed E-state index contributed by atoms with van der Waals surface area (Å²) in [7, 11) is 3.08. The number of benzene rings is 1. The van der Waals surface area contributed by atoms with E-state index in [4.69, 9.17) is 25.8 Å². The number of halogens is 1. The zero-order chi connectivity index (χ0) is 21.0. The van der Waals surface area contributed by atoms with Crippen LogP contribution in [0, 0.1) is 0 Å². The number of esters is 1. The number of carbonyl (C=O) groups is 2. The van der Waals surface area contributed by atoms with Gasteiger partial charge in [-0.2, -0.15) is 4.99 Å². The number of ether oxygens (including phenoxy) is 3. The fraction of sp³-hybridized carbons (Fsp3) is 0.316. The molecule has 0 aliphatic heterocycles. The van der Waals surface area contributed by atoms with Crippen molar-refractivity contribution in [2.24, 2.45) is 4.99 Å². The predicted octanol–water partition coefficient (Wildman–Crippen LogP) is 3.67. The van der Waals surface area contributed by atoms with Crippen LogP contribution in [0.25, 0.3) is 10.2 Å². The Kier molecular flexibility index (Phi) is 6.94. The number of hydrogen-bond donors (Lipinski definition) is 0. The summed E-state index contributed by atoms with van der Waals surface area (Å²) in [6.45, 7) is 1.94. The van der Waals surface area contributed by atoms with E-state index < -0.39 is 5.97 Å². The monoisotopic (exact) mass is 454 g/mol. The van der Waals surface area contributed by atoms with Gasteiger partial charge in [0.25, 0.3) is 5.91 Å². The van der Waals surface area contributed by atoms with E-state index in [1.54, 1.807) is 42.9 Å². The molecule has 1 aromatic carbocycles. The first-order chi connectivity index (χ1) is 13.9. The third-order valence-corrected chi connectivity index (χ3v) is 6.23. The van der Waals surface area contributed by atoms with Crippen molar-refractivity contribution < 1.29 is 23.8 Å². The number of nitrogens with zero attached hydrogens (tertiary/aromatic N) is 2. The summed E-state index contributed by atoms with van der Waals surface area (Å²) in [5.41, 5.74) is 0.700. The molecule has 0 atom stereocenters. The van der Waals surface area contributed by atoms with Crippen molar-refractivity contribution in [3.63, 3.8) is 0 Å². The standard InChI is InChI=1S/C19H19ClN2O5S2/c1-4-27-18(24)10-22-12-8-13(25-2)14(26-3)9-15(12)29-19(22)21-17(23)7-11-5-6-16(20)28-11/h5-6,8-9H,4,7,10H2,1-3H3. The van der Waals surface area contributed by atoms with Gasteiger partial charge in [-0.1, -0.05) is 22.9 Å². The first-order valence-electron chi connectivity index (χ1n) is 8.68. The highest BCUT2D eigenvalue weighted by molar-refractivity contribution is 7.16. The van der Waals surface area contributed by atoms with Crippen molar-refractivity contribution in [1.29, 1.82) is 0 Å². The predicted molar refractivity (Wildman–Crippen MR) is 113 cm³/mol. The third kappa shape index (κ3) is 4.98. The Morgan fingerprint density at radius 2 is 1.86 bits per heavy atom. The molecular weight excluding hydrogens is 436 g/mol. The number of hydrogen-bond acceptors (Lipinski definition) is 7. The lowest BCUT2D eigenvalue weighted by molar-refractivity contribution is -0.143. The Balaban J connectivity index is 2.07. The Hall–Kier alpha value is -2.36. The molecule has 0 unspecified atom stereocenters. The quantitative estimate of drug-likeness (QED) is 0.509. The van der Waals surface area contributed by atoms with Crippen molar-refractivity contribution in [2.75, 3.05) is 20.8 Å². The molecule has 0 aliphatic rings. The van der Waals surface area contributed by atoms with Gasteiger partial charge in [-0.05, 0) is 19.1 Å². The molecular formula is C19H19ClN2O5S2. The molecule has 0 spiro atoms. The van der Waals surface area contributed by atoms with Crippen LogP contribution in [0.15, 0.2) is 29.3 Å². The summed E-state index contributed by atoms with van der Waals surface area (Å²) in [6, 6.07) is 7.09. The molecule has 0 bridgehead atoms. The number of amides is 1. The smallest absolute Gasteiger partial charge is 0.326 e. The third-order valence-electron chi connectivity index (χ3n) is 3.96. The maximum absolute atomic E-state index is 12.5. The van der Waals surface area contributed by atoms with Crippen LogP contribution in [0.5, 0.6) is 11.5 Å². The van der Waals surface area contributed by atoms with E-state index in [0.717, 1.165) is 9.58 Å². The molecule has 7 nitrogen and oxygen atoms in total. The summed E-state index contributed by atoms with van der Waals surface area (Å²) >= 11 is 8.55. The number of methoxy groups -OCH3 is 2. The van der Waals surface area contributed by atoms with E-state index >= 15 is 0 Å². The fourth-order valence-corrected chi connectivity index (χ4v) is 4.85. The number of thiazole rings is 1. The van der Waals surface area contributed by atoms with Crippen molar-refractivity contribution in [3.8, 4) is 11.5 Å². The van der Waals surface area contributed by atoms with Crippen LogP contribution in [-0.4, -0.2) is 37.3 Å². The molecule has 1 amide bonds. The number of aromatic nitrogens is 1. The summed E-state index contributed by atoms with van der Waals surface area (Å²) in [5, 5.41) is 0. The summed E-state index contributed by atoms with van der Waals surface area (Å²) < 4.78 is 18.9. The second kappa shape index (κ2) is 9.43. The van der Waals surface area contributed by atoms with Crippen molar-refractivity contribution in [2.45, 2.75) is 19.9 Å². The molecule has 0 saturated heterocycles. The van der Waals surface area contributed by atoms with Gasteiger partial charge in [-0.15, -0.1) is 11.3 Å². The molecule has 0 radical (unpaired) electrons. The Morgan fingerprint density at radius 1 is 1.14 bits per heavy atom. The van der Waals surface area contributed by atoms with Crippen LogP contribution in [0.3, 0.4) is 0 Å². The lowest BCUT2D eigenvalue weighted by Gasteiger charge is -2.09. The average Bonchev–Trinajstić information content (AvgIpc) is 3.23. The first-order valence-corrected chi connectivity index (χ1v) is 10.7. The second-order valence-electron chi connectivity index (χ2n) is 5.84. The van der Waals surface area contributed by atoms with Crippen LogP contribution in [0.1, 0.15) is 11.8 Å². The summed E-state index contributed by atoms with van der Waals surface area (Å²) in [4.78, 5) is 30.1. The Bertz CT molecular complexity index is 1120. The molecule has 154 valence electrons. The van der Waals surface area contributed by atoms with Gasteiger partial charge < -0.3 is 18.8 Å². The maximum Gasteiger partial charge on any atom is 0.326 e. The van der Waals surface area contributed by atoms with E-state index in [1.807, 2.05) is 0 Å². The SMILES string of the molecule is CCOC(=O)Cn1c(=NC(=O)Cc2ccc(Cl)s2)sc2cc(OC)c(OC)cc21. The van der Waals surface area contributed by atoms with Gasteiger partial charge in [-0.3, -0.25) is 9.59 Å². The van der Waals surface area contributed by atoms with Gasteiger partial charge in [0.15, 0.2) is 16.3 Å². The molecule has 0 N–H and O–H groups in total. The molecule has 0 fully saturated rings. The minimum Gasteiger partial charge on any atom is -0.493 e. The van der Waals surface area contributed by atoms with Crippen LogP contribution in [0.2, 0.25) is 4.34 Å². The van der Waals surface area contributed by atoms with Crippen LogP contribution < -0.4 is 14.3 Å². The number of thiophene rings is 1. The first kappa shape index (κ1) is 21.4. The lowest BCUT2D eigenvalue weighted by Crippen LogP contribution is -2.23. The zero-order valence-corrected chi connectivity index (χ0v) is 18.4. The molecule has 0 aliphatic carbocycles. The minimum absolute atomic E-state index is 0.0692. The molecule has 2 aromatic heterocycles. The number of carbonyl (C=O) groups excluding carboxylic acids is 2. The van der Waals surface area contributed by atoms with Crippen LogP contribution >= 0.6 is 34.3 Å². The summed E-state index contributed by atoms with van der Waals surface area (Å²) in [6.07, 6.45) is 0.137. The molecule has 10 heteroatoms. The summed E-state index contributed by atoms with van der Waals surface area (Å²) in [5.74, 6) is 0.324. The molecule has 3 aromatic rings. The molecule has 0 saturated carbocycles.